The van der Waals surface area contributed by atoms with Gasteiger partial charge in [-0.1, -0.05) is 6.07 Å². The summed E-state index contributed by atoms with van der Waals surface area (Å²) in [5, 5.41) is 8.15. The van der Waals surface area contributed by atoms with Crippen molar-refractivity contribution in [2.45, 2.75) is 13.3 Å². The fourth-order valence-electron chi connectivity index (χ4n) is 3.42. The lowest BCUT2D eigenvalue weighted by Gasteiger charge is -2.23. The minimum atomic E-state index is 0.0262. The Morgan fingerprint density at radius 2 is 2.23 bits per heavy atom. The Bertz CT molecular complexity index is 904. The molecule has 4 rings (SSSR count). The lowest BCUT2D eigenvalue weighted by atomic mass is 9.98. The number of pyridine rings is 1. The van der Waals surface area contributed by atoms with Crippen LogP contribution in [0, 0.1) is 12.8 Å². The number of rotatable bonds is 3. The van der Waals surface area contributed by atoms with Crippen LogP contribution in [-0.4, -0.2) is 52.3 Å². The van der Waals surface area contributed by atoms with Crippen LogP contribution in [0.2, 0.25) is 0 Å². The van der Waals surface area contributed by atoms with Crippen molar-refractivity contribution in [3.8, 4) is 0 Å². The first kappa shape index (κ1) is 16.7. The van der Waals surface area contributed by atoms with Crippen LogP contribution in [0.5, 0.6) is 0 Å². The van der Waals surface area contributed by atoms with E-state index in [9.17, 15) is 4.79 Å². The zero-order valence-electron chi connectivity index (χ0n) is 14.8. The third kappa shape index (κ3) is 3.60. The van der Waals surface area contributed by atoms with Crippen molar-refractivity contribution in [1.29, 1.82) is 0 Å². The lowest BCUT2D eigenvalue weighted by Crippen LogP contribution is -2.36. The zero-order valence-corrected chi connectivity index (χ0v) is 14.8. The molecule has 0 aliphatic carbocycles. The van der Waals surface area contributed by atoms with Gasteiger partial charge in [0.1, 0.15) is 0 Å². The summed E-state index contributed by atoms with van der Waals surface area (Å²) in [5.41, 5.74) is 3.82. The molecule has 0 spiro atoms. The number of aromatic amines is 1. The molecule has 6 heteroatoms. The second-order valence-corrected chi connectivity index (χ2v) is 6.88. The maximum absolute atomic E-state index is 12.8. The van der Waals surface area contributed by atoms with Crippen LogP contribution in [0.3, 0.4) is 0 Å². The van der Waals surface area contributed by atoms with Crippen molar-refractivity contribution in [1.82, 2.24) is 20.1 Å². The fourth-order valence-corrected chi connectivity index (χ4v) is 3.42. The Kier molecular flexibility index (Phi) is 4.67. The first-order chi connectivity index (χ1) is 12.7. The van der Waals surface area contributed by atoms with E-state index in [4.69, 9.17) is 4.74 Å². The number of carbonyl (C=O) groups is 1. The van der Waals surface area contributed by atoms with Gasteiger partial charge in [-0.15, -0.1) is 0 Å². The summed E-state index contributed by atoms with van der Waals surface area (Å²) in [5.74, 6) is 0.294. The average Bonchev–Trinajstić information content (AvgIpc) is 2.99. The predicted molar refractivity (Wildman–Crippen MR) is 99.0 cm³/mol. The summed E-state index contributed by atoms with van der Waals surface area (Å²) in [6.07, 6.45) is 4.37. The normalized spacial score (nSPS) is 18.0. The molecule has 1 fully saturated rings. The summed E-state index contributed by atoms with van der Waals surface area (Å²) in [4.78, 5) is 19.0. The summed E-state index contributed by atoms with van der Waals surface area (Å²) < 4.78 is 5.76. The minimum absolute atomic E-state index is 0.0262. The van der Waals surface area contributed by atoms with E-state index in [1.165, 1.54) is 5.56 Å². The van der Waals surface area contributed by atoms with Gasteiger partial charge in [-0.05, 0) is 43.2 Å². The van der Waals surface area contributed by atoms with Crippen LogP contribution in [0.4, 0.5) is 0 Å². The van der Waals surface area contributed by atoms with Gasteiger partial charge in [0.05, 0.1) is 30.5 Å². The standard InChI is InChI=1S/C20H22N4O2/c1-14-2-4-17(10-21-14)20(25)24-6-7-26-13-16(12-24)8-15-3-5-19-18(9-15)11-22-23-19/h2-5,9-11,16H,6-8,12-13H2,1H3,(H,22,23)/t16-/m1/s1. The maximum atomic E-state index is 12.8. The molecule has 26 heavy (non-hydrogen) atoms. The van der Waals surface area contributed by atoms with E-state index in [1.807, 2.05) is 30.2 Å². The molecule has 0 unspecified atom stereocenters. The Labute approximate surface area is 152 Å². The van der Waals surface area contributed by atoms with Crippen molar-refractivity contribution in [3.05, 3.63) is 59.5 Å². The number of carbonyl (C=O) groups excluding carboxylic acids is 1. The third-order valence-corrected chi connectivity index (χ3v) is 4.81. The van der Waals surface area contributed by atoms with E-state index in [2.05, 4.69) is 33.4 Å². The van der Waals surface area contributed by atoms with Crippen molar-refractivity contribution < 1.29 is 9.53 Å². The molecular formula is C20H22N4O2. The number of hydrogen-bond donors (Lipinski definition) is 1. The minimum Gasteiger partial charge on any atom is -0.379 e. The van der Waals surface area contributed by atoms with Gasteiger partial charge in [-0.2, -0.15) is 5.10 Å². The number of hydrogen-bond acceptors (Lipinski definition) is 4. The topological polar surface area (TPSA) is 71.1 Å². The van der Waals surface area contributed by atoms with Crippen molar-refractivity contribution in [2.24, 2.45) is 5.92 Å². The van der Waals surface area contributed by atoms with Gasteiger partial charge in [0.2, 0.25) is 0 Å². The van der Waals surface area contributed by atoms with Crippen LogP contribution >= 0.6 is 0 Å². The molecule has 1 aliphatic rings. The first-order valence-corrected chi connectivity index (χ1v) is 8.91. The molecule has 1 amide bonds. The number of nitrogens with one attached hydrogen (secondary N) is 1. The average molecular weight is 350 g/mol. The van der Waals surface area contributed by atoms with Crippen molar-refractivity contribution in [2.75, 3.05) is 26.3 Å². The molecule has 1 saturated heterocycles. The molecule has 0 saturated carbocycles. The van der Waals surface area contributed by atoms with Gasteiger partial charge in [0.25, 0.3) is 5.91 Å². The van der Waals surface area contributed by atoms with Gasteiger partial charge in [-0.25, -0.2) is 0 Å². The number of aromatic nitrogens is 3. The van der Waals surface area contributed by atoms with Crippen LogP contribution < -0.4 is 0 Å². The number of ether oxygens (including phenoxy) is 1. The number of benzene rings is 1. The van der Waals surface area contributed by atoms with E-state index < -0.39 is 0 Å². The molecule has 1 atom stereocenters. The number of fused-ring (bicyclic) bond motifs is 1. The first-order valence-electron chi connectivity index (χ1n) is 8.91. The maximum Gasteiger partial charge on any atom is 0.255 e. The number of amides is 1. The SMILES string of the molecule is Cc1ccc(C(=O)N2CCOC[C@H](Cc3ccc4[nH]ncc4c3)C2)cn1. The second-order valence-electron chi connectivity index (χ2n) is 6.88. The van der Waals surface area contributed by atoms with Gasteiger partial charge < -0.3 is 9.64 Å². The highest BCUT2D eigenvalue weighted by molar-refractivity contribution is 5.94. The van der Waals surface area contributed by atoms with Crippen molar-refractivity contribution in [3.63, 3.8) is 0 Å². The van der Waals surface area contributed by atoms with E-state index in [1.54, 1.807) is 6.20 Å². The lowest BCUT2D eigenvalue weighted by molar-refractivity contribution is 0.0737. The highest BCUT2D eigenvalue weighted by atomic mass is 16.5. The highest BCUT2D eigenvalue weighted by Crippen LogP contribution is 2.19. The Morgan fingerprint density at radius 3 is 3.08 bits per heavy atom. The molecular weight excluding hydrogens is 328 g/mol. The molecule has 3 heterocycles. The summed E-state index contributed by atoms with van der Waals surface area (Å²) in [6, 6.07) is 10.0. The second kappa shape index (κ2) is 7.25. The van der Waals surface area contributed by atoms with Gasteiger partial charge >= 0.3 is 0 Å². The molecule has 2 aromatic heterocycles. The Balaban J connectivity index is 1.48. The largest absolute Gasteiger partial charge is 0.379 e. The van der Waals surface area contributed by atoms with Crippen LogP contribution in [0.15, 0.2) is 42.7 Å². The molecule has 0 radical (unpaired) electrons. The molecule has 1 aromatic carbocycles. The summed E-state index contributed by atoms with van der Waals surface area (Å²) >= 11 is 0. The van der Waals surface area contributed by atoms with Gasteiger partial charge in [0.15, 0.2) is 0 Å². The summed E-state index contributed by atoms with van der Waals surface area (Å²) in [7, 11) is 0. The van der Waals surface area contributed by atoms with Crippen LogP contribution in [-0.2, 0) is 11.2 Å². The molecule has 134 valence electrons. The third-order valence-electron chi connectivity index (χ3n) is 4.81. The van der Waals surface area contributed by atoms with E-state index >= 15 is 0 Å². The van der Waals surface area contributed by atoms with E-state index in [0.717, 1.165) is 23.0 Å². The molecule has 6 nitrogen and oxygen atoms in total. The van der Waals surface area contributed by atoms with E-state index in [-0.39, 0.29) is 11.8 Å². The van der Waals surface area contributed by atoms with Gasteiger partial charge in [-0.3, -0.25) is 14.9 Å². The molecule has 1 aliphatic heterocycles. The van der Waals surface area contributed by atoms with E-state index in [0.29, 0.717) is 31.9 Å². The monoisotopic (exact) mass is 350 g/mol. The zero-order chi connectivity index (χ0) is 17.9. The smallest absolute Gasteiger partial charge is 0.255 e. The molecule has 1 N–H and O–H groups in total. The number of nitrogens with zero attached hydrogens (tertiary/aromatic N) is 3. The van der Waals surface area contributed by atoms with Crippen LogP contribution in [0.25, 0.3) is 10.9 Å². The van der Waals surface area contributed by atoms with Crippen LogP contribution in [0.1, 0.15) is 21.6 Å². The Morgan fingerprint density at radius 1 is 1.31 bits per heavy atom. The highest BCUT2D eigenvalue weighted by Gasteiger charge is 2.24. The van der Waals surface area contributed by atoms with Gasteiger partial charge in [0, 0.05) is 36.3 Å². The number of aryl methyl sites for hydroxylation is 1. The Hall–Kier alpha value is -2.73. The fraction of sp³-hybridized carbons (Fsp3) is 0.350. The molecule has 3 aromatic rings. The predicted octanol–water partition coefficient (Wildman–Crippen LogP) is 2.60. The summed E-state index contributed by atoms with van der Waals surface area (Å²) in [6.45, 7) is 4.46. The quantitative estimate of drug-likeness (QED) is 0.788. The van der Waals surface area contributed by atoms with Crippen molar-refractivity contribution >= 4 is 16.8 Å². The molecule has 0 bridgehead atoms. The number of H-pyrrole nitrogens is 1.